The molecule has 86 valence electrons. The molecular formula is C11H12N6. The zero-order chi connectivity index (χ0) is 11.5. The van der Waals surface area contributed by atoms with Gasteiger partial charge in [0.25, 0.3) is 0 Å². The summed E-state index contributed by atoms with van der Waals surface area (Å²) >= 11 is 0. The van der Waals surface area contributed by atoms with Gasteiger partial charge in [0.2, 0.25) is 0 Å². The van der Waals surface area contributed by atoms with E-state index in [0.717, 1.165) is 6.54 Å². The molecule has 0 aliphatic rings. The Morgan fingerprint density at radius 1 is 1.18 bits per heavy atom. The predicted molar refractivity (Wildman–Crippen MR) is 63.0 cm³/mol. The number of hydrogen-bond donors (Lipinski definition) is 3. The first-order chi connectivity index (χ1) is 8.43. The van der Waals surface area contributed by atoms with Gasteiger partial charge in [0.05, 0.1) is 6.54 Å². The molecule has 0 aliphatic carbocycles. The second-order valence-electron chi connectivity index (χ2n) is 3.79. The van der Waals surface area contributed by atoms with Crippen molar-refractivity contribution in [2.75, 3.05) is 0 Å². The fourth-order valence-electron chi connectivity index (χ4n) is 1.86. The molecule has 2 aromatic heterocycles. The predicted octanol–water partition coefficient (Wildman–Crippen LogP) is 0.971. The Morgan fingerprint density at radius 3 is 3.06 bits per heavy atom. The number of tetrazole rings is 1. The third kappa shape index (κ3) is 2.02. The first-order valence-corrected chi connectivity index (χ1v) is 5.41. The molecule has 6 heteroatoms. The van der Waals surface area contributed by atoms with Crippen molar-refractivity contribution in [2.24, 2.45) is 0 Å². The summed E-state index contributed by atoms with van der Waals surface area (Å²) in [5.74, 6) is 0.670. The summed E-state index contributed by atoms with van der Waals surface area (Å²) in [6, 6.07) is 8.32. The number of fused-ring (bicyclic) bond motifs is 1. The molecule has 3 N–H and O–H groups in total. The van der Waals surface area contributed by atoms with Crippen molar-refractivity contribution in [1.82, 2.24) is 30.9 Å². The van der Waals surface area contributed by atoms with Gasteiger partial charge in [0.1, 0.15) is 0 Å². The largest absolute Gasteiger partial charge is 0.361 e. The van der Waals surface area contributed by atoms with E-state index in [9.17, 15) is 0 Å². The van der Waals surface area contributed by atoms with Crippen LogP contribution in [0.4, 0.5) is 0 Å². The van der Waals surface area contributed by atoms with Gasteiger partial charge >= 0.3 is 0 Å². The first-order valence-electron chi connectivity index (χ1n) is 5.41. The minimum Gasteiger partial charge on any atom is -0.361 e. The van der Waals surface area contributed by atoms with Crippen LogP contribution in [0.15, 0.2) is 30.5 Å². The van der Waals surface area contributed by atoms with Crippen molar-refractivity contribution in [3.05, 3.63) is 41.9 Å². The van der Waals surface area contributed by atoms with E-state index in [-0.39, 0.29) is 0 Å². The molecular weight excluding hydrogens is 216 g/mol. The topological polar surface area (TPSA) is 82.3 Å². The summed E-state index contributed by atoms with van der Waals surface area (Å²) in [6.07, 6.45) is 1.95. The van der Waals surface area contributed by atoms with Crippen LogP contribution in [0, 0.1) is 0 Å². The number of nitrogens with one attached hydrogen (secondary N) is 3. The van der Waals surface area contributed by atoms with Gasteiger partial charge in [-0.05, 0) is 17.0 Å². The Kier molecular flexibility index (Phi) is 2.55. The Balaban J connectivity index is 1.70. The van der Waals surface area contributed by atoms with Gasteiger partial charge in [-0.25, -0.2) is 0 Å². The second-order valence-corrected chi connectivity index (χ2v) is 3.79. The van der Waals surface area contributed by atoms with Gasteiger partial charge in [-0.2, -0.15) is 5.21 Å². The highest BCUT2D eigenvalue weighted by Crippen LogP contribution is 2.16. The summed E-state index contributed by atoms with van der Waals surface area (Å²) in [5.41, 5.74) is 2.41. The maximum atomic E-state index is 3.88. The van der Waals surface area contributed by atoms with Crippen LogP contribution in [-0.4, -0.2) is 25.6 Å². The lowest BCUT2D eigenvalue weighted by Crippen LogP contribution is -2.14. The van der Waals surface area contributed by atoms with Crippen LogP contribution in [0.2, 0.25) is 0 Å². The Labute approximate surface area is 97.4 Å². The number of hydrogen-bond acceptors (Lipinski definition) is 4. The molecule has 3 rings (SSSR count). The number of para-hydroxylation sites is 1. The lowest BCUT2D eigenvalue weighted by Gasteiger charge is -2.03. The third-order valence-corrected chi connectivity index (χ3v) is 2.66. The number of H-pyrrole nitrogens is 2. The molecule has 2 heterocycles. The van der Waals surface area contributed by atoms with Crippen LogP contribution in [0.3, 0.4) is 0 Å². The zero-order valence-electron chi connectivity index (χ0n) is 9.14. The van der Waals surface area contributed by atoms with Crippen LogP contribution in [-0.2, 0) is 13.1 Å². The number of aromatic nitrogens is 5. The summed E-state index contributed by atoms with van der Waals surface area (Å²) in [6.45, 7) is 1.37. The quantitative estimate of drug-likeness (QED) is 0.621. The standard InChI is InChI=1S/C11H12N6/c1-2-8-4-5-13-11(8)9(3-1)6-12-7-10-14-16-17-15-10/h1-5,12-13H,6-7H2,(H,14,15,16,17). The summed E-state index contributed by atoms with van der Waals surface area (Å²) in [7, 11) is 0. The Bertz CT molecular complexity index is 597. The summed E-state index contributed by atoms with van der Waals surface area (Å²) in [4.78, 5) is 3.24. The SMILES string of the molecule is c1cc(CNCc2nn[nH]n2)c2[nH]ccc2c1. The van der Waals surface area contributed by atoms with Gasteiger partial charge in [-0.3, -0.25) is 0 Å². The van der Waals surface area contributed by atoms with E-state index in [4.69, 9.17) is 0 Å². The molecule has 0 aliphatic heterocycles. The molecule has 0 saturated heterocycles. The molecule has 17 heavy (non-hydrogen) atoms. The highest BCUT2D eigenvalue weighted by molar-refractivity contribution is 5.82. The summed E-state index contributed by atoms with van der Waals surface area (Å²) < 4.78 is 0. The lowest BCUT2D eigenvalue weighted by atomic mass is 10.1. The molecule has 0 saturated carbocycles. The minimum absolute atomic E-state index is 0.605. The van der Waals surface area contributed by atoms with Gasteiger partial charge in [0, 0.05) is 18.3 Å². The van der Waals surface area contributed by atoms with Crippen molar-refractivity contribution in [3.63, 3.8) is 0 Å². The maximum absolute atomic E-state index is 3.88. The Morgan fingerprint density at radius 2 is 2.18 bits per heavy atom. The van der Waals surface area contributed by atoms with Crippen LogP contribution < -0.4 is 5.32 Å². The van der Waals surface area contributed by atoms with E-state index in [1.807, 2.05) is 6.20 Å². The van der Waals surface area contributed by atoms with E-state index < -0.39 is 0 Å². The van der Waals surface area contributed by atoms with E-state index in [1.54, 1.807) is 0 Å². The van der Waals surface area contributed by atoms with Crippen LogP contribution >= 0.6 is 0 Å². The molecule has 0 fully saturated rings. The van der Waals surface area contributed by atoms with Gasteiger partial charge < -0.3 is 10.3 Å². The van der Waals surface area contributed by atoms with Crippen LogP contribution in [0.25, 0.3) is 10.9 Å². The molecule has 3 aromatic rings. The fourth-order valence-corrected chi connectivity index (χ4v) is 1.86. The zero-order valence-corrected chi connectivity index (χ0v) is 9.14. The number of benzene rings is 1. The number of aromatic amines is 2. The fraction of sp³-hybridized carbons (Fsp3) is 0.182. The normalized spacial score (nSPS) is 11.1. The van der Waals surface area contributed by atoms with E-state index in [1.165, 1.54) is 16.5 Å². The maximum Gasteiger partial charge on any atom is 0.188 e. The highest BCUT2D eigenvalue weighted by atomic mass is 15.5. The van der Waals surface area contributed by atoms with E-state index in [2.05, 4.69) is 55.2 Å². The van der Waals surface area contributed by atoms with E-state index in [0.29, 0.717) is 12.4 Å². The lowest BCUT2D eigenvalue weighted by molar-refractivity contribution is 0.665. The average molecular weight is 228 g/mol. The first kappa shape index (κ1) is 9.98. The molecule has 0 unspecified atom stereocenters. The average Bonchev–Trinajstić information content (AvgIpc) is 2.99. The smallest absolute Gasteiger partial charge is 0.188 e. The third-order valence-electron chi connectivity index (χ3n) is 2.66. The molecule has 6 nitrogen and oxygen atoms in total. The van der Waals surface area contributed by atoms with Crippen molar-refractivity contribution >= 4 is 10.9 Å². The molecule has 1 aromatic carbocycles. The van der Waals surface area contributed by atoms with Crippen molar-refractivity contribution < 1.29 is 0 Å². The van der Waals surface area contributed by atoms with Crippen molar-refractivity contribution in [2.45, 2.75) is 13.1 Å². The van der Waals surface area contributed by atoms with Gasteiger partial charge in [-0.1, -0.05) is 23.4 Å². The summed E-state index contributed by atoms with van der Waals surface area (Å²) in [5, 5.41) is 18.2. The highest BCUT2D eigenvalue weighted by Gasteiger charge is 2.02. The molecule has 0 radical (unpaired) electrons. The van der Waals surface area contributed by atoms with E-state index >= 15 is 0 Å². The van der Waals surface area contributed by atoms with Crippen molar-refractivity contribution in [1.29, 1.82) is 0 Å². The van der Waals surface area contributed by atoms with Crippen molar-refractivity contribution in [3.8, 4) is 0 Å². The van der Waals surface area contributed by atoms with Crippen LogP contribution in [0.5, 0.6) is 0 Å². The Hall–Kier alpha value is -2.21. The minimum atomic E-state index is 0.605. The molecule has 0 amide bonds. The number of rotatable bonds is 4. The van der Waals surface area contributed by atoms with Crippen LogP contribution in [0.1, 0.15) is 11.4 Å². The molecule has 0 spiro atoms. The molecule has 0 atom stereocenters. The second kappa shape index (κ2) is 4.34. The van der Waals surface area contributed by atoms with Gasteiger partial charge in [-0.15, -0.1) is 10.2 Å². The number of nitrogens with zero attached hydrogens (tertiary/aromatic N) is 3. The monoisotopic (exact) mass is 228 g/mol. The van der Waals surface area contributed by atoms with Gasteiger partial charge in [0.15, 0.2) is 5.82 Å². The molecule has 0 bridgehead atoms.